The molecule has 10 nitrogen and oxygen atoms in total. The van der Waals surface area contributed by atoms with Crippen LogP contribution in [0.25, 0.3) is 0 Å². The molecule has 0 spiro atoms. The lowest BCUT2D eigenvalue weighted by Crippen LogP contribution is -2.17. The predicted octanol–water partition coefficient (Wildman–Crippen LogP) is 4.03. The molecule has 3 aromatic carbocycles. The molecule has 0 unspecified atom stereocenters. The number of hydrogen-bond donors (Lipinski definition) is 6. The summed E-state index contributed by atoms with van der Waals surface area (Å²) < 4.78 is 153. The molecule has 0 atom stereocenters. The number of benzene rings is 3. The average molecular weight is 622 g/mol. The van der Waals surface area contributed by atoms with Gasteiger partial charge in [-0.2, -0.15) is 26.3 Å². The summed E-state index contributed by atoms with van der Waals surface area (Å²) in [6.07, 6.45) is -6.32. The first-order valence-electron chi connectivity index (χ1n) is 10.2. The summed E-state index contributed by atoms with van der Waals surface area (Å²) in [5, 5.41) is 54.3. The summed E-state index contributed by atoms with van der Waals surface area (Å²) in [7, 11) is 0. The minimum absolute atomic E-state index is 1.85. The molecule has 226 valence electrons. The molecule has 0 aromatic heterocycles. The van der Waals surface area contributed by atoms with Crippen LogP contribution < -0.4 is 9.47 Å². The lowest BCUT2D eigenvalue weighted by Gasteiger charge is -2.19. The molecule has 0 aliphatic heterocycles. The van der Waals surface area contributed by atoms with E-state index < -0.39 is 128 Å². The lowest BCUT2D eigenvalue weighted by molar-refractivity contribution is -0.0679. The summed E-state index contributed by atoms with van der Waals surface area (Å²) in [5.74, 6) is -42.2. The Morgan fingerprint density at radius 2 is 0.690 bits per heavy atom. The number of aromatic carboxylic acids is 2. The standard InChI is InChI=1S/C22H8F10O10/c23-5-1(19(33)34)3(21(37)38)7(25)15(9(5)27)41-17-11(29)13(31)18(14(32)12(17)30)42-16-8(26)4(22(39)40)2(20(35)36)6(24)10(16)28/h19,21,33-34,37-38H,(H,35,36)(H,39,40). The summed E-state index contributed by atoms with van der Waals surface area (Å²) in [6, 6.07) is 0. The zero-order valence-corrected chi connectivity index (χ0v) is 19.3. The van der Waals surface area contributed by atoms with Crippen molar-refractivity contribution in [1.29, 1.82) is 0 Å². The largest absolute Gasteiger partial charge is 0.478 e. The monoisotopic (exact) mass is 622 g/mol. The van der Waals surface area contributed by atoms with E-state index in [0.717, 1.165) is 0 Å². The highest BCUT2D eigenvalue weighted by molar-refractivity contribution is 6.02. The van der Waals surface area contributed by atoms with E-state index in [1.807, 2.05) is 0 Å². The molecular weight excluding hydrogens is 614 g/mol. The van der Waals surface area contributed by atoms with Gasteiger partial charge in [0.05, 0.1) is 11.1 Å². The normalized spacial score (nSPS) is 11.4. The number of carboxylic acids is 2. The zero-order chi connectivity index (χ0) is 32.1. The molecule has 0 amide bonds. The molecule has 3 rings (SSSR count). The number of aliphatic hydroxyl groups is 4. The summed E-state index contributed by atoms with van der Waals surface area (Å²) in [6.45, 7) is 0. The van der Waals surface area contributed by atoms with E-state index in [2.05, 4.69) is 9.47 Å². The first kappa shape index (κ1) is 31.9. The van der Waals surface area contributed by atoms with E-state index in [1.165, 1.54) is 0 Å². The molecule has 0 aliphatic rings. The second kappa shape index (κ2) is 11.3. The van der Waals surface area contributed by atoms with Crippen LogP contribution in [0.2, 0.25) is 0 Å². The van der Waals surface area contributed by atoms with Gasteiger partial charge in [-0.1, -0.05) is 0 Å². The van der Waals surface area contributed by atoms with Crippen molar-refractivity contribution in [3.63, 3.8) is 0 Å². The van der Waals surface area contributed by atoms with Gasteiger partial charge in [0.1, 0.15) is 11.1 Å². The van der Waals surface area contributed by atoms with Crippen molar-refractivity contribution in [3.05, 3.63) is 80.4 Å². The Morgan fingerprint density at radius 3 is 1.05 bits per heavy atom. The second-order valence-electron chi connectivity index (χ2n) is 7.60. The zero-order valence-electron chi connectivity index (χ0n) is 19.3. The van der Waals surface area contributed by atoms with Crippen LogP contribution in [-0.4, -0.2) is 42.6 Å². The first-order chi connectivity index (χ1) is 19.4. The molecule has 0 saturated heterocycles. The average Bonchev–Trinajstić information content (AvgIpc) is 2.89. The fraction of sp³-hybridized carbons (Fsp3) is 0.0909. The van der Waals surface area contributed by atoms with Crippen LogP contribution in [0.4, 0.5) is 43.9 Å². The fourth-order valence-corrected chi connectivity index (χ4v) is 3.37. The Kier molecular flexibility index (Phi) is 8.58. The highest BCUT2D eigenvalue weighted by atomic mass is 19.2. The number of halogens is 10. The SMILES string of the molecule is O=C(O)c1c(F)c(F)c(Oc2c(F)c(F)c(Oc3c(F)c(F)c(C(O)O)c(C(O)O)c3F)c(F)c2F)c(F)c1C(=O)O. The van der Waals surface area contributed by atoms with Crippen LogP contribution >= 0.6 is 0 Å². The van der Waals surface area contributed by atoms with Crippen molar-refractivity contribution in [3.8, 4) is 23.0 Å². The maximum absolute atomic E-state index is 14.7. The minimum Gasteiger partial charge on any atom is -0.478 e. The third kappa shape index (κ3) is 5.00. The van der Waals surface area contributed by atoms with Crippen molar-refractivity contribution >= 4 is 11.9 Å². The highest BCUT2D eigenvalue weighted by Gasteiger charge is 2.38. The Balaban J connectivity index is 2.25. The number of carbonyl (C=O) groups is 2. The number of hydrogen-bond acceptors (Lipinski definition) is 8. The summed E-state index contributed by atoms with van der Waals surface area (Å²) in [4.78, 5) is 22.2. The van der Waals surface area contributed by atoms with E-state index in [9.17, 15) is 63.7 Å². The molecule has 0 bridgehead atoms. The molecule has 0 aliphatic carbocycles. The third-order valence-electron chi connectivity index (χ3n) is 5.17. The van der Waals surface area contributed by atoms with Crippen LogP contribution in [0.1, 0.15) is 44.4 Å². The molecular formula is C22H8F10O10. The highest BCUT2D eigenvalue weighted by Crippen LogP contribution is 2.44. The van der Waals surface area contributed by atoms with Gasteiger partial charge >= 0.3 is 11.9 Å². The summed E-state index contributed by atoms with van der Waals surface area (Å²) >= 11 is 0. The first-order valence-corrected chi connectivity index (χ1v) is 10.2. The maximum atomic E-state index is 14.7. The van der Waals surface area contributed by atoms with Gasteiger partial charge in [0.15, 0.2) is 35.8 Å². The van der Waals surface area contributed by atoms with Gasteiger partial charge in [-0.3, -0.25) is 0 Å². The van der Waals surface area contributed by atoms with Gasteiger partial charge in [-0.05, 0) is 0 Å². The van der Waals surface area contributed by atoms with Gasteiger partial charge in [0.2, 0.25) is 57.9 Å². The smallest absolute Gasteiger partial charge is 0.339 e. The van der Waals surface area contributed by atoms with Crippen molar-refractivity contribution in [2.45, 2.75) is 12.6 Å². The van der Waals surface area contributed by atoms with Gasteiger partial charge in [0, 0.05) is 0 Å². The van der Waals surface area contributed by atoms with Crippen LogP contribution in [0.15, 0.2) is 0 Å². The van der Waals surface area contributed by atoms with E-state index in [1.54, 1.807) is 0 Å². The molecule has 0 fully saturated rings. The molecule has 20 heteroatoms. The molecule has 6 N–H and O–H groups in total. The van der Waals surface area contributed by atoms with Gasteiger partial charge in [-0.25, -0.2) is 27.2 Å². The van der Waals surface area contributed by atoms with E-state index in [0.29, 0.717) is 0 Å². The molecule has 3 aromatic rings. The fourth-order valence-electron chi connectivity index (χ4n) is 3.37. The topological polar surface area (TPSA) is 174 Å². The second-order valence-corrected chi connectivity index (χ2v) is 7.60. The van der Waals surface area contributed by atoms with Crippen molar-refractivity contribution in [2.24, 2.45) is 0 Å². The lowest BCUT2D eigenvalue weighted by atomic mass is 10.0. The van der Waals surface area contributed by atoms with Crippen molar-refractivity contribution in [1.82, 2.24) is 0 Å². The van der Waals surface area contributed by atoms with E-state index in [-0.39, 0.29) is 0 Å². The maximum Gasteiger partial charge on any atom is 0.339 e. The number of ether oxygens (including phenoxy) is 2. The van der Waals surface area contributed by atoms with Crippen LogP contribution in [0, 0.1) is 58.2 Å². The van der Waals surface area contributed by atoms with E-state index >= 15 is 0 Å². The number of carboxylic acid groups (broad SMARTS) is 2. The van der Waals surface area contributed by atoms with Gasteiger partial charge in [0.25, 0.3) is 0 Å². The van der Waals surface area contributed by atoms with Crippen LogP contribution in [0.5, 0.6) is 23.0 Å². The number of rotatable bonds is 8. The Bertz CT molecular complexity index is 1630. The van der Waals surface area contributed by atoms with Crippen molar-refractivity contribution < 1.29 is 93.6 Å². The minimum atomic E-state index is -3.19. The Labute approximate surface area is 222 Å². The van der Waals surface area contributed by atoms with Gasteiger partial charge in [-0.15, -0.1) is 0 Å². The van der Waals surface area contributed by atoms with Crippen LogP contribution in [-0.2, 0) is 0 Å². The molecule has 0 radical (unpaired) electrons. The third-order valence-corrected chi connectivity index (χ3v) is 5.17. The number of aliphatic hydroxyl groups excluding tert-OH is 2. The quantitative estimate of drug-likeness (QED) is 0.122. The van der Waals surface area contributed by atoms with Gasteiger partial charge < -0.3 is 40.1 Å². The Morgan fingerprint density at radius 1 is 0.429 bits per heavy atom. The predicted molar refractivity (Wildman–Crippen MR) is 107 cm³/mol. The summed E-state index contributed by atoms with van der Waals surface area (Å²) in [5.41, 5.74) is -8.02. The van der Waals surface area contributed by atoms with E-state index in [4.69, 9.17) is 20.4 Å². The molecule has 0 saturated carbocycles. The van der Waals surface area contributed by atoms with Crippen LogP contribution in [0.3, 0.4) is 0 Å². The molecule has 42 heavy (non-hydrogen) atoms. The molecule has 0 heterocycles. The Hall–Kier alpha value is -4.66. The van der Waals surface area contributed by atoms with Crippen molar-refractivity contribution in [2.75, 3.05) is 0 Å².